The molecular formula is C19H25N3O6S. The Labute approximate surface area is 169 Å². The predicted octanol–water partition coefficient (Wildman–Crippen LogP) is 2.09. The van der Waals surface area contributed by atoms with Gasteiger partial charge in [-0.1, -0.05) is 24.2 Å². The van der Waals surface area contributed by atoms with Gasteiger partial charge in [0.05, 0.1) is 0 Å². The minimum atomic E-state index is -4.04. The highest BCUT2D eigenvalue weighted by molar-refractivity contribution is 7.89. The average Bonchev–Trinajstić information content (AvgIpc) is 3.00. The first-order valence-electron chi connectivity index (χ1n) is 9.10. The molecule has 2 N–H and O–H groups in total. The molecule has 1 amide bonds. The average molecular weight is 423 g/mol. The summed E-state index contributed by atoms with van der Waals surface area (Å²) in [6, 6.07) is 6.07. The molecule has 0 aliphatic carbocycles. The summed E-state index contributed by atoms with van der Waals surface area (Å²) in [4.78, 5) is 24.4. The second-order valence-electron chi connectivity index (χ2n) is 6.62. The number of hydrogen-bond acceptors (Lipinski definition) is 7. The summed E-state index contributed by atoms with van der Waals surface area (Å²) in [5.41, 5.74) is 1.88. The number of rotatable bonds is 8. The van der Waals surface area contributed by atoms with Gasteiger partial charge in [-0.05, 0) is 51.8 Å². The SMILES string of the molecule is CCc1ccc(NC(=O)[C@@H](C)OC(=O)[C@H](C)NS(=O)(=O)c2c(C)noc2C)cc1. The van der Waals surface area contributed by atoms with Crippen LogP contribution in [0.2, 0.25) is 0 Å². The molecule has 1 aromatic carbocycles. The highest BCUT2D eigenvalue weighted by Crippen LogP contribution is 2.19. The monoisotopic (exact) mass is 423 g/mol. The molecule has 0 aliphatic heterocycles. The van der Waals surface area contributed by atoms with Crippen molar-refractivity contribution in [3.63, 3.8) is 0 Å². The Balaban J connectivity index is 1.96. The number of sulfonamides is 1. The molecule has 0 saturated heterocycles. The number of benzene rings is 1. The minimum absolute atomic E-state index is 0.109. The molecule has 1 aromatic heterocycles. The Hall–Kier alpha value is -2.72. The molecule has 0 radical (unpaired) electrons. The lowest BCUT2D eigenvalue weighted by molar-refractivity contribution is -0.154. The number of carbonyl (C=O) groups is 2. The van der Waals surface area contributed by atoms with Crippen LogP contribution in [0.3, 0.4) is 0 Å². The van der Waals surface area contributed by atoms with Gasteiger partial charge in [0, 0.05) is 5.69 Å². The third-order valence-electron chi connectivity index (χ3n) is 4.21. The quantitative estimate of drug-likeness (QED) is 0.622. The van der Waals surface area contributed by atoms with Crippen LogP contribution in [0, 0.1) is 13.8 Å². The normalized spacial score (nSPS) is 13.6. The lowest BCUT2D eigenvalue weighted by Gasteiger charge is -2.17. The molecule has 1 heterocycles. The Kier molecular flexibility index (Phi) is 7.15. The van der Waals surface area contributed by atoms with E-state index < -0.39 is 34.0 Å². The molecule has 0 spiro atoms. The highest BCUT2D eigenvalue weighted by Gasteiger charge is 2.30. The van der Waals surface area contributed by atoms with Crippen LogP contribution in [0.15, 0.2) is 33.7 Å². The number of esters is 1. The maximum Gasteiger partial charge on any atom is 0.324 e. The standard InChI is InChI=1S/C19H25N3O6S/c1-6-15-7-9-16(10-8-15)20-18(23)14(5)27-19(24)12(3)22-29(25,26)17-11(2)21-28-13(17)4/h7-10,12,14,22H,6H2,1-5H3,(H,20,23)/t12-,14+/m0/s1. The maximum atomic E-state index is 12.5. The predicted molar refractivity (Wildman–Crippen MR) is 106 cm³/mol. The van der Waals surface area contributed by atoms with Gasteiger partial charge in [0.2, 0.25) is 10.0 Å². The van der Waals surface area contributed by atoms with E-state index in [1.54, 1.807) is 12.1 Å². The van der Waals surface area contributed by atoms with Gasteiger partial charge in [-0.15, -0.1) is 0 Å². The second-order valence-corrected chi connectivity index (χ2v) is 8.27. The number of hydrogen-bond donors (Lipinski definition) is 2. The zero-order valence-electron chi connectivity index (χ0n) is 17.0. The Bertz CT molecular complexity index is 962. The molecule has 158 valence electrons. The van der Waals surface area contributed by atoms with Crippen LogP contribution in [-0.4, -0.2) is 37.6 Å². The second kappa shape index (κ2) is 9.19. The summed E-state index contributed by atoms with van der Waals surface area (Å²) in [5.74, 6) is -1.30. The summed E-state index contributed by atoms with van der Waals surface area (Å²) >= 11 is 0. The number of nitrogens with zero attached hydrogens (tertiary/aromatic N) is 1. The van der Waals surface area contributed by atoms with E-state index in [1.807, 2.05) is 19.1 Å². The van der Waals surface area contributed by atoms with Gasteiger partial charge in [0.1, 0.15) is 16.6 Å². The third-order valence-corrected chi connectivity index (χ3v) is 6.00. The molecule has 0 aliphatic rings. The van der Waals surface area contributed by atoms with Crippen molar-refractivity contribution in [1.29, 1.82) is 0 Å². The summed E-state index contributed by atoms with van der Waals surface area (Å²) in [5, 5.41) is 6.24. The lowest BCUT2D eigenvalue weighted by Crippen LogP contribution is -2.42. The van der Waals surface area contributed by atoms with Crippen molar-refractivity contribution in [3.05, 3.63) is 41.3 Å². The van der Waals surface area contributed by atoms with Crippen molar-refractivity contribution in [2.45, 2.75) is 58.1 Å². The maximum absolute atomic E-state index is 12.5. The van der Waals surface area contributed by atoms with E-state index in [-0.39, 0.29) is 16.3 Å². The Morgan fingerprint density at radius 3 is 2.31 bits per heavy atom. The molecular weight excluding hydrogens is 398 g/mol. The van der Waals surface area contributed by atoms with Gasteiger partial charge in [0.15, 0.2) is 11.9 Å². The van der Waals surface area contributed by atoms with Crippen molar-refractivity contribution in [2.24, 2.45) is 0 Å². The van der Waals surface area contributed by atoms with E-state index in [1.165, 1.54) is 27.7 Å². The Morgan fingerprint density at radius 2 is 1.79 bits per heavy atom. The first-order valence-corrected chi connectivity index (χ1v) is 10.6. The van der Waals surface area contributed by atoms with Crippen molar-refractivity contribution in [1.82, 2.24) is 9.88 Å². The zero-order valence-corrected chi connectivity index (χ0v) is 17.8. The fourth-order valence-electron chi connectivity index (χ4n) is 2.60. The van der Waals surface area contributed by atoms with E-state index in [2.05, 4.69) is 15.2 Å². The summed E-state index contributed by atoms with van der Waals surface area (Å²) < 4.78 is 37.1. The number of amides is 1. The van der Waals surface area contributed by atoms with Crippen LogP contribution in [0.4, 0.5) is 5.69 Å². The van der Waals surface area contributed by atoms with E-state index in [0.717, 1.165) is 12.0 Å². The first kappa shape index (κ1) is 22.6. The van der Waals surface area contributed by atoms with Crippen LogP contribution in [0.25, 0.3) is 0 Å². The third kappa shape index (κ3) is 5.64. The molecule has 2 rings (SSSR count). The summed E-state index contributed by atoms with van der Waals surface area (Å²) in [7, 11) is -4.04. The Morgan fingerprint density at radius 1 is 1.17 bits per heavy atom. The van der Waals surface area contributed by atoms with Gasteiger partial charge in [-0.3, -0.25) is 9.59 Å². The molecule has 2 atom stereocenters. The minimum Gasteiger partial charge on any atom is -0.451 e. The van der Waals surface area contributed by atoms with Crippen molar-refractivity contribution < 1.29 is 27.3 Å². The largest absolute Gasteiger partial charge is 0.451 e. The van der Waals surface area contributed by atoms with E-state index in [4.69, 9.17) is 9.26 Å². The molecule has 0 bridgehead atoms. The molecule has 2 aromatic rings. The van der Waals surface area contributed by atoms with Gasteiger partial charge in [-0.25, -0.2) is 8.42 Å². The fourth-order valence-corrected chi connectivity index (χ4v) is 4.12. The van der Waals surface area contributed by atoms with Crippen LogP contribution in [0.5, 0.6) is 0 Å². The smallest absolute Gasteiger partial charge is 0.324 e. The molecule has 10 heteroatoms. The number of carbonyl (C=O) groups excluding carboxylic acids is 2. The van der Waals surface area contributed by atoms with Crippen LogP contribution < -0.4 is 10.0 Å². The number of ether oxygens (including phenoxy) is 1. The van der Waals surface area contributed by atoms with Gasteiger partial charge in [0.25, 0.3) is 5.91 Å². The van der Waals surface area contributed by atoms with Gasteiger partial charge >= 0.3 is 5.97 Å². The molecule has 0 unspecified atom stereocenters. The van der Waals surface area contributed by atoms with Gasteiger partial charge < -0.3 is 14.6 Å². The van der Waals surface area contributed by atoms with E-state index in [0.29, 0.717) is 5.69 Å². The molecule has 0 fully saturated rings. The molecule has 29 heavy (non-hydrogen) atoms. The van der Waals surface area contributed by atoms with E-state index >= 15 is 0 Å². The lowest BCUT2D eigenvalue weighted by atomic mass is 10.1. The fraction of sp³-hybridized carbons (Fsp3) is 0.421. The van der Waals surface area contributed by atoms with Crippen molar-refractivity contribution in [3.8, 4) is 0 Å². The number of aromatic nitrogens is 1. The van der Waals surface area contributed by atoms with Crippen molar-refractivity contribution >= 4 is 27.6 Å². The van der Waals surface area contributed by atoms with Crippen LogP contribution >= 0.6 is 0 Å². The number of aryl methyl sites for hydroxylation is 3. The van der Waals surface area contributed by atoms with Gasteiger partial charge in [-0.2, -0.15) is 4.72 Å². The molecule has 9 nitrogen and oxygen atoms in total. The van der Waals surface area contributed by atoms with Crippen molar-refractivity contribution in [2.75, 3.05) is 5.32 Å². The topological polar surface area (TPSA) is 128 Å². The number of nitrogens with one attached hydrogen (secondary N) is 2. The first-order chi connectivity index (χ1) is 13.5. The molecule has 0 saturated carbocycles. The zero-order chi connectivity index (χ0) is 21.8. The highest BCUT2D eigenvalue weighted by atomic mass is 32.2. The van der Waals surface area contributed by atoms with Crippen LogP contribution in [0.1, 0.15) is 37.8 Å². The van der Waals surface area contributed by atoms with Crippen LogP contribution in [-0.2, 0) is 30.8 Å². The number of anilines is 1. The summed E-state index contributed by atoms with van der Waals surface area (Å²) in [6.45, 7) is 7.69. The van der Waals surface area contributed by atoms with E-state index in [9.17, 15) is 18.0 Å². The summed E-state index contributed by atoms with van der Waals surface area (Å²) in [6.07, 6.45) is -0.233.